The van der Waals surface area contributed by atoms with Crippen molar-refractivity contribution in [2.24, 2.45) is 0 Å². The van der Waals surface area contributed by atoms with E-state index in [0.717, 1.165) is 0 Å². The summed E-state index contributed by atoms with van der Waals surface area (Å²) in [6.07, 6.45) is 2.44. The third-order valence-electron chi connectivity index (χ3n) is 2.28. The van der Waals surface area contributed by atoms with E-state index in [2.05, 4.69) is 0 Å². The molecular weight excluding hydrogens is 317 g/mol. The molecule has 9 heteroatoms. The van der Waals surface area contributed by atoms with Gasteiger partial charge in [0, 0.05) is 6.07 Å². The number of hydrogen-bond acceptors (Lipinski definition) is 4. The van der Waals surface area contributed by atoms with Crippen molar-refractivity contribution >= 4 is 18.2 Å². The van der Waals surface area contributed by atoms with Gasteiger partial charge in [-0.15, -0.1) is 0 Å². The summed E-state index contributed by atoms with van der Waals surface area (Å²) in [7, 11) is -3.25. The molecule has 0 aliphatic carbocycles. The fraction of sp³-hybridized carbons (Fsp3) is 0.455. The van der Waals surface area contributed by atoms with Crippen molar-refractivity contribution in [2.45, 2.75) is 5.51 Å². The zero-order chi connectivity index (χ0) is 15.6. The van der Waals surface area contributed by atoms with Gasteiger partial charge in [0.2, 0.25) is 8.77 Å². The van der Waals surface area contributed by atoms with Crippen LogP contribution < -0.4 is 13.7 Å². The normalized spacial score (nSPS) is 14.8. The average molecular weight is 332 g/mol. The highest BCUT2D eigenvalue weighted by atomic mass is 32.9. The third kappa shape index (κ3) is 3.32. The summed E-state index contributed by atoms with van der Waals surface area (Å²) in [6.45, 7) is 0. The van der Waals surface area contributed by atoms with Gasteiger partial charge in [0.1, 0.15) is 5.75 Å². The molecule has 0 aromatic heterocycles. The summed E-state index contributed by atoms with van der Waals surface area (Å²) in [5.74, 6) is 0.345. The van der Waals surface area contributed by atoms with Gasteiger partial charge in [-0.25, -0.2) is 4.21 Å². The number of rotatable bonds is 4. The summed E-state index contributed by atoms with van der Waals surface area (Å²) in [5.41, 5.74) is -4.94. The Labute approximate surface area is 117 Å². The number of hydrogen-bond donors (Lipinski definition) is 0. The highest BCUT2D eigenvalue weighted by molar-refractivity contribution is 8.45. The minimum absolute atomic E-state index is 0.189. The van der Waals surface area contributed by atoms with Crippen molar-refractivity contribution in [2.75, 3.05) is 26.7 Å². The van der Waals surface area contributed by atoms with Crippen LogP contribution in [0.4, 0.5) is 13.2 Å². The summed E-state index contributed by atoms with van der Waals surface area (Å²) in [4.78, 5) is 0. The van der Waals surface area contributed by atoms with Crippen LogP contribution in [-0.4, -0.2) is 36.4 Å². The van der Waals surface area contributed by atoms with Gasteiger partial charge in [-0.2, -0.15) is 13.2 Å². The van der Waals surface area contributed by atoms with Crippen molar-refractivity contribution in [1.29, 1.82) is 0 Å². The van der Waals surface area contributed by atoms with Crippen LogP contribution in [0.3, 0.4) is 0 Å². The first-order chi connectivity index (χ1) is 9.15. The molecule has 1 aromatic carbocycles. The van der Waals surface area contributed by atoms with Crippen LogP contribution in [-0.2, 0) is 18.2 Å². The van der Waals surface area contributed by atoms with E-state index < -0.39 is 23.7 Å². The van der Waals surface area contributed by atoms with Gasteiger partial charge in [-0.05, 0) is 24.6 Å². The summed E-state index contributed by atoms with van der Waals surface area (Å²) in [6, 6.07) is 3.84. The molecule has 0 saturated carbocycles. The Kier molecular flexibility index (Phi) is 5.20. The number of methoxy groups -OCH3 is 2. The number of halogens is 3. The van der Waals surface area contributed by atoms with Gasteiger partial charge in [0.15, 0.2) is 11.5 Å². The second-order valence-electron chi connectivity index (χ2n) is 3.74. The lowest BCUT2D eigenvalue weighted by Crippen LogP contribution is -2.31. The van der Waals surface area contributed by atoms with Crippen molar-refractivity contribution in [1.82, 2.24) is 0 Å². The molecule has 1 atom stereocenters. The van der Waals surface area contributed by atoms with E-state index in [4.69, 9.17) is 13.7 Å². The zero-order valence-corrected chi connectivity index (χ0v) is 12.9. The first kappa shape index (κ1) is 17.0. The van der Waals surface area contributed by atoms with Crippen LogP contribution in [0.1, 0.15) is 0 Å². The number of ether oxygens (including phenoxy) is 2. The first-order valence-corrected chi connectivity index (χ1v) is 9.30. The number of benzene rings is 1. The Bertz CT molecular complexity index is 600. The quantitative estimate of drug-likeness (QED) is 0.850. The van der Waals surface area contributed by atoms with Crippen LogP contribution in [0, 0.1) is 0 Å². The summed E-state index contributed by atoms with van der Waals surface area (Å²) < 4.78 is 65.5. The predicted octanol–water partition coefficient (Wildman–Crippen LogP) is 2.59. The fourth-order valence-corrected chi connectivity index (χ4v) is 4.04. The van der Waals surface area contributed by atoms with E-state index in [0.29, 0.717) is 5.75 Å². The topological polar surface area (TPSA) is 44.8 Å². The van der Waals surface area contributed by atoms with Gasteiger partial charge in [-0.3, -0.25) is 0 Å². The van der Waals surface area contributed by atoms with E-state index in [1.165, 1.54) is 44.9 Å². The van der Waals surface area contributed by atoms with Crippen LogP contribution >= 0.6 is 0 Å². The third-order valence-corrected chi connectivity index (χ3v) is 7.54. The second kappa shape index (κ2) is 6.13. The Morgan fingerprint density at radius 3 is 2.05 bits per heavy atom. The van der Waals surface area contributed by atoms with Gasteiger partial charge >= 0.3 is 5.51 Å². The fourth-order valence-electron chi connectivity index (χ4n) is 1.30. The summed E-state index contributed by atoms with van der Waals surface area (Å²) in [5, 5.41) is 0. The summed E-state index contributed by atoms with van der Waals surface area (Å²) >= 11 is 0. The molecule has 4 nitrogen and oxygen atoms in total. The second-order valence-corrected chi connectivity index (χ2v) is 10.1. The Hall–Kier alpha value is -1.09. The van der Waals surface area contributed by atoms with Crippen molar-refractivity contribution < 1.29 is 31.0 Å². The first-order valence-electron chi connectivity index (χ1n) is 5.25. The van der Waals surface area contributed by atoms with Crippen molar-refractivity contribution in [3.8, 4) is 17.2 Å². The average Bonchev–Trinajstić information content (AvgIpc) is 2.36. The van der Waals surface area contributed by atoms with Crippen LogP contribution in [0.2, 0.25) is 0 Å². The molecule has 1 unspecified atom stereocenters. The maximum Gasteiger partial charge on any atom is 0.502 e. The van der Waals surface area contributed by atoms with E-state index >= 15 is 0 Å². The highest BCUT2D eigenvalue weighted by Crippen LogP contribution is 2.34. The lowest BCUT2D eigenvalue weighted by molar-refractivity contribution is -0.0444. The molecule has 0 spiro atoms. The SMILES string of the molecule is COc1ccc(OS(=O)(=S(C)C)C(F)(F)F)cc1OC. The standard InChI is InChI=1S/C11H15F3O4S2/c1-16-9-6-5-8(7-10(9)17-2)18-20(15,19(3)4)11(12,13)14/h5-7H,1-4H3. The maximum absolute atomic E-state index is 12.9. The molecule has 0 amide bonds. The largest absolute Gasteiger partial charge is 0.502 e. The van der Waals surface area contributed by atoms with Gasteiger partial charge in [0.25, 0.3) is 0 Å². The predicted molar refractivity (Wildman–Crippen MR) is 73.6 cm³/mol. The molecule has 0 fully saturated rings. The minimum atomic E-state index is -4.94. The molecule has 1 aromatic rings. The smallest absolute Gasteiger partial charge is 0.493 e. The molecule has 116 valence electrons. The van der Waals surface area contributed by atoms with Crippen LogP contribution in [0.5, 0.6) is 17.2 Å². The molecule has 0 N–H and O–H groups in total. The van der Waals surface area contributed by atoms with Gasteiger partial charge in [-0.1, -0.05) is 9.45 Å². The van der Waals surface area contributed by atoms with Crippen LogP contribution in [0.15, 0.2) is 18.2 Å². The molecule has 0 saturated heterocycles. The Morgan fingerprint density at radius 2 is 1.65 bits per heavy atom. The molecule has 0 aliphatic heterocycles. The van der Waals surface area contributed by atoms with E-state index in [-0.39, 0.29) is 11.5 Å². The minimum Gasteiger partial charge on any atom is -0.493 e. The van der Waals surface area contributed by atoms with Gasteiger partial charge in [0.05, 0.1) is 14.2 Å². The molecule has 0 heterocycles. The molecule has 20 heavy (non-hydrogen) atoms. The van der Waals surface area contributed by atoms with Crippen molar-refractivity contribution in [3.63, 3.8) is 0 Å². The number of alkyl halides is 3. The molecular formula is C11H15F3O4S2. The zero-order valence-electron chi connectivity index (χ0n) is 11.3. The molecule has 0 aliphatic rings. The van der Waals surface area contributed by atoms with Gasteiger partial charge < -0.3 is 13.7 Å². The molecule has 1 rings (SSSR count). The van der Waals surface area contributed by atoms with Crippen molar-refractivity contribution in [3.05, 3.63) is 18.2 Å². The maximum atomic E-state index is 12.9. The monoisotopic (exact) mass is 332 g/mol. The van der Waals surface area contributed by atoms with E-state index in [1.807, 2.05) is 0 Å². The molecule has 0 bridgehead atoms. The lowest BCUT2D eigenvalue weighted by atomic mass is 10.3. The van der Waals surface area contributed by atoms with Crippen LogP contribution in [0.25, 0.3) is 0 Å². The molecule has 0 radical (unpaired) electrons. The Balaban J connectivity index is 3.29. The van der Waals surface area contributed by atoms with E-state index in [1.54, 1.807) is 0 Å². The van der Waals surface area contributed by atoms with E-state index in [9.17, 15) is 17.4 Å². The Morgan fingerprint density at radius 1 is 1.10 bits per heavy atom. The highest BCUT2D eigenvalue weighted by Gasteiger charge is 2.45. The lowest BCUT2D eigenvalue weighted by Gasteiger charge is -2.18.